The number of rotatable bonds is 7. The van der Waals surface area contributed by atoms with E-state index in [4.69, 9.17) is 16.3 Å². The predicted octanol–water partition coefficient (Wildman–Crippen LogP) is 5.20. The lowest BCUT2D eigenvalue weighted by Gasteiger charge is -2.10. The van der Waals surface area contributed by atoms with E-state index in [0.29, 0.717) is 12.0 Å². The summed E-state index contributed by atoms with van der Waals surface area (Å²) in [6.07, 6.45) is 3.46. The monoisotopic (exact) mass is 498 g/mol. The quantitative estimate of drug-likeness (QED) is 0.234. The Bertz CT molecular complexity index is 1300. The third kappa shape index (κ3) is 6.24. The molecule has 0 aliphatic carbocycles. The molecule has 0 spiro atoms. The number of aliphatic hydroxyl groups excluding tert-OH is 1. The van der Waals surface area contributed by atoms with Crippen LogP contribution in [0.15, 0.2) is 54.2 Å². The van der Waals surface area contributed by atoms with Crippen LogP contribution in [0.5, 0.6) is 5.75 Å². The number of carbonyl (C=O) groups excluding carboxylic acids is 2. The minimum absolute atomic E-state index is 0.00953. The van der Waals surface area contributed by atoms with Gasteiger partial charge in [0, 0.05) is 5.56 Å². The molecule has 0 saturated carbocycles. The van der Waals surface area contributed by atoms with E-state index >= 15 is 0 Å². The number of benzene rings is 2. The average Bonchev–Trinajstić information content (AvgIpc) is 3.12. The van der Waals surface area contributed by atoms with Crippen molar-refractivity contribution in [3.63, 3.8) is 0 Å². The number of phenols is 1. The molecular weight excluding hydrogens is 476 g/mol. The van der Waals surface area contributed by atoms with Crippen LogP contribution >= 0.6 is 22.9 Å². The van der Waals surface area contributed by atoms with Crippen molar-refractivity contribution in [2.45, 2.75) is 20.3 Å². The van der Waals surface area contributed by atoms with Gasteiger partial charge in [0.1, 0.15) is 17.2 Å². The Morgan fingerprint density at radius 2 is 1.97 bits per heavy atom. The van der Waals surface area contributed by atoms with Gasteiger partial charge in [0.05, 0.1) is 33.3 Å². The molecule has 7 nitrogen and oxygen atoms in total. The van der Waals surface area contributed by atoms with Gasteiger partial charge in [0.25, 0.3) is 5.91 Å². The molecule has 176 valence electrons. The summed E-state index contributed by atoms with van der Waals surface area (Å²) in [5.74, 6) is -1.20. The summed E-state index contributed by atoms with van der Waals surface area (Å²) in [4.78, 5) is 30.1. The Kier molecular flexibility index (Phi) is 8.09. The summed E-state index contributed by atoms with van der Waals surface area (Å²) in [7, 11) is 1.23. The lowest BCUT2D eigenvalue weighted by Crippen LogP contribution is -2.28. The van der Waals surface area contributed by atoms with Gasteiger partial charge in [-0.15, -0.1) is 11.3 Å². The SMILES string of the molecule is COC(=O)/C(=C/c1sc(C)nc1C)NC(=O)c1ccc(C/C=C(/O)c2cccc(O)c2)cc1Cl. The maximum Gasteiger partial charge on any atom is 0.354 e. The topological polar surface area (TPSA) is 109 Å². The van der Waals surface area contributed by atoms with E-state index in [2.05, 4.69) is 10.3 Å². The van der Waals surface area contributed by atoms with Crippen molar-refractivity contribution in [2.24, 2.45) is 0 Å². The second kappa shape index (κ2) is 11.0. The number of allylic oxidation sites excluding steroid dienone is 1. The summed E-state index contributed by atoms with van der Waals surface area (Å²) in [6.45, 7) is 3.67. The van der Waals surface area contributed by atoms with Crippen LogP contribution in [0.1, 0.15) is 37.1 Å². The van der Waals surface area contributed by atoms with Crippen LogP contribution in [0.4, 0.5) is 0 Å². The Morgan fingerprint density at radius 3 is 2.59 bits per heavy atom. The van der Waals surface area contributed by atoms with Crippen LogP contribution in [0.3, 0.4) is 0 Å². The van der Waals surface area contributed by atoms with E-state index in [-0.39, 0.29) is 27.8 Å². The van der Waals surface area contributed by atoms with Gasteiger partial charge in [-0.05, 0) is 62.2 Å². The molecule has 34 heavy (non-hydrogen) atoms. The molecule has 0 bridgehead atoms. The molecular formula is C25H23ClN2O5S. The second-order valence-electron chi connectivity index (χ2n) is 7.34. The molecule has 0 saturated heterocycles. The number of carbonyl (C=O) groups is 2. The number of amides is 1. The highest BCUT2D eigenvalue weighted by molar-refractivity contribution is 7.12. The highest BCUT2D eigenvalue weighted by Crippen LogP contribution is 2.23. The van der Waals surface area contributed by atoms with Crippen LogP contribution in [0.25, 0.3) is 11.8 Å². The van der Waals surface area contributed by atoms with Gasteiger partial charge >= 0.3 is 5.97 Å². The molecule has 3 aromatic rings. The average molecular weight is 499 g/mol. The van der Waals surface area contributed by atoms with Crippen LogP contribution in [-0.2, 0) is 16.0 Å². The number of hydrogen-bond acceptors (Lipinski definition) is 7. The van der Waals surface area contributed by atoms with E-state index in [1.165, 1.54) is 36.7 Å². The van der Waals surface area contributed by atoms with Gasteiger partial charge < -0.3 is 20.3 Å². The molecule has 0 unspecified atom stereocenters. The molecule has 0 aliphatic heterocycles. The summed E-state index contributed by atoms with van der Waals surface area (Å²) >= 11 is 7.74. The highest BCUT2D eigenvalue weighted by Gasteiger charge is 2.18. The summed E-state index contributed by atoms with van der Waals surface area (Å²) in [5, 5.41) is 23.4. The first-order valence-corrected chi connectivity index (χ1v) is 11.4. The number of aromatic hydroxyl groups is 1. The van der Waals surface area contributed by atoms with Crippen LogP contribution in [0.2, 0.25) is 5.02 Å². The first-order valence-electron chi connectivity index (χ1n) is 10.2. The van der Waals surface area contributed by atoms with Crippen molar-refractivity contribution in [2.75, 3.05) is 7.11 Å². The second-order valence-corrected chi connectivity index (χ2v) is 8.99. The number of aliphatic hydroxyl groups is 1. The summed E-state index contributed by atoms with van der Waals surface area (Å²) in [6, 6.07) is 11.1. The van der Waals surface area contributed by atoms with E-state index in [1.54, 1.807) is 36.4 Å². The number of nitrogens with zero attached hydrogens (tertiary/aromatic N) is 1. The molecule has 9 heteroatoms. The van der Waals surface area contributed by atoms with E-state index in [0.717, 1.165) is 21.1 Å². The summed E-state index contributed by atoms with van der Waals surface area (Å²) < 4.78 is 4.80. The normalized spacial score (nSPS) is 11.9. The van der Waals surface area contributed by atoms with Gasteiger partial charge in [0.2, 0.25) is 0 Å². The molecule has 3 N–H and O–H groups in total. The number of aryl methyl sites for hydroxylation is 2. The molecule has 1 heterocycles. The van der Waals surface area contributed by atoms with Crippen molar-refractivity contribution in [1.29, 1.82) is 0 Å². The number of phenolic OH excluding ortho intramolecular Hbond substituents is 1. The Hall–Kier alpha value is -3.62. The smallest absolute Gasteiger partial charge is 0.354 e. The van der Waals surface area contributed by atoms with Gasteiger partial charge in [0.15, 0.2) is 0 Å². The number of methoxy groups -OCH3 is 1. The van der Waals surface area contributed by atoms with Crippen LogP contribution in [-0.4, -0.2) is 34.2 Å². The van der Waals surface area contributed by atoms with Crippen LogP contribution in [0, 0.1) is 13.8 Å². The number of esters is 1. The van der Waals surface area contributed by atoms with Crippen molar-refractivity contribution in [1.82, 2.24) is 10.3 Å². The molecule has 0 aliphatic rings. The minimum Gasteiger partial charge on any atom is -0.508 e. The highest BCUT2D eigenvalue weighted by atomic mass is 35.5. The zero-order chi connectivity index (χ0) is 24.8. The predicted molar refractivity (Wildman–Crippen MR) is 133 cm³/mol. The maximum atomic E-state index is 12.8. The van der Waals surface area contributed by atoms with Gasteiger partial charge in [-0.25, -0.2) is 9.78 Å². The molecule has 3 rings (SSSR count). The molecule has 0 radical (unpaired) electrons. The number of aromatic nitrogens is 1. The lowest BCUT2D eigenvalue weighted by molar-refractivity contribution is -0.136. The number of ether oxygens (including phenoxy) is 1. The third-order valence-corrected chi connectivity index (χ3v) is 6.15. The largest absolute Gasteiger partial charge is 0.508 e. The van der Waals surface area contributed by atoms with Crippen molar-refractivity contribution < 1.29 is 24.5 Å². The van der Waals surface area contributed by atoms with Gasteiger partial charge in [-0.2, -0.15) is 0 Å². The standard InChI is InChI=1S/C25H23ClN2O5S/c1-14-23(34-15(2)27-14)13-21(25(32)33-3)28-24(31)19-9-7-16(11-20(19)26)8-10-22(30)17-5-4-6-18(29)12-17/h4-7,9-13,29-30H,8H2,1-3H3,(H,28,31)/b21-13-,22-10+. The van der Waals surface area contributed by atoms with Crippen LogP contribution < -0.4 is 5.32 Å². The van der Waals surface area contributed by atoms with Crippen molar-refractivity contribution >= 4 is 46.6 Å². The van der Waals surface area contributed by atoms with E-state index in [1.807, 2.05) is 13.8 Å². The fourth-order valence-corrected chi connectivity index (χ4v) is 4.28. The van der Waals surface area contributed by atoms with Gasteiger partial charge in [-0.1, -0.05) is 29.8 Å². The zero-order valence-corrected chi connectivity index (χ0v) is 20.3. The first kappa shape index (κ1) is 25.0. The fraction of sp³-hybridized carbons (Fsp3) is 0.160. The molecule has 1 amide bonds. The van der Waals surface area contributed by atoms with E-state index < -0.39 is 11.9 Å². The summed E-state index contributed by atoms with van der Waals surface area (Å²) in [5.41, 5.74) is 2.13. The Morgan fingerprint density at radius 1 is 1.21 bits per heavy atom. The van der Waals surface area contributed by atoms with Crippen molar-refractivity contribution in [3.05, 3.63) is 91.5 Å². The molecule has 2 aromatic carbocycles. The fourth-order valence-electron chi connectivity index (χ4n) is 3.13. The number of nitrogens with one attached hydrogen (secondary N) is 1. The number of halogens is 1. The minimum atomic E-state index is -0.695. The Balaban J connectivity index is 1.77. The van der Waals surface area contributed by atoms with Crippen molar-refractivity contribution in [3.8, 4) is 5.75 Å². The number of hydrogen-bond donors (Lipinski definition) is 3. The van der Waals surface area contributed by atoms with E-state index in [9.17, 15) is 19.8 Å². The lowest BCUT2D eigenvalue weighted by atomic mass is 10.1. The first-order chi connectivity index (χ1) is 16.2. The molecule has 0 fully saturated rings. The maximum absolute atomic E-state index is 12.8. The molecule has 0 atom stereocenters. The zero-order valence-electron chi connectivity index (χ0n) is 18.8. The third-order valence-electron chi connectivity index (χ3n) is 4.82. The molecule has 1 aromatic heterocycles. The van der Waals surface area contributed by atoms with Gasteiger partial charge in [-0.3, -0.25) is 4.79 Å². The number of thiazole rings is 1. The Labute approximate surface area is 206 Å².